The van der Waals surface area contributed by atoms with Crippen molar-refractivity contribution in [2.45, 2.75) is 13.2 Å². The maximum atomic E-state index is 12.1. The Morgan fingerprint density at radius 1 is 1.43 bits per heavy atom. The lowest BCUT2D eigenvalue weighted by Crippen LogP contribution is -2.27. The molecule has 0 unspecified atom stereocenters. The van der Waals surface area contributed by atoms with Crippen molar-refractivity contribution in [3.05, 3.63) is 56.1 Å². The van der Waals surface area contributed by atoms with E-state index >= 15 is 0 Å². The molecule has 108 valence electrons. The summed E-state index contributed by atoms with van der Waals surface area (Å²) >= 11 is 13.5. The number of fused-ring (bicyclic) bond motifs is 1. The van der Waals surface area contributed by atoms with Crippen molar-refractivity contribution >= 4 is 46.7 Å². The molecule has 0 saturated heterocycles. The largest absolute Gasteiger partial charge is 0.444 e. The number of carbonyl (C=O) groups excluding carboxylic acids is 1. The van der Waals surface area contributed by atoms with E-state index in [0.29, 0.717) is 22.2 Å². The molecule has 1 amide bonds. The summed E-state index contributed by atoms with van der Waals surface area (Å²) in [4.78, 5) is 18.8. The zero-order valence-corrected chi connectivity index (χ0v) is 13.1. The molecule has 0 atom stereocenters. The maximum absolute atomic E-state index is 12.1. The number of ether oxygens (including phenoxy) is 1. The van der Waals surface area contributed by atoms with E-state index in [1.807, 2.05) is 0 Å². The van der Waals surface area contributed by atoms with E-state index in [1.54, 1.807) is 36.0 Å². The average molecular weight is 341 g/mol. The van der Waals surface area contributed by atoms with Gasteiger partial charge in [0.25, 0.3) is 0 Å². The molecule has 3 rings (SSSR count). The van der Waals surface area contributed by atoms with Gasteiger partial charge < -0.3 is 4.74 Å². The third kappa shape index (κ3) is 3.05. The second-order valence-electron chi connectivity index (χ2n) is 4.37. The number of thiazole rings is 1. The minimum atomic E-state index is -0.429. The number of nitrogens with zero attached hydrogens (tertiary/aromatic N) is 2. The second kappa shape index (κ2) is 6.05. The number of carbonyl (C=O) groups is 1. The van der Waals surface area contributed by atoms with Crippen molar-refractivity contribution in [1.29, 1.82) is 0 Å². The summed E-state index contributed by atoms with van der Waals surface area (Å²) < 4.78 is 5.27. The van der Waals surface area contributed by atoms with Crippen LogP contribution in [0.3, 0.4) is 0 Å². The molecule has 0 bridgehead atoms. The summed E-state index contributed by atoms with van der Waals surface area (Å²) in [5.74, 6) is 0. The molecule has 21 heavy (non-hydrogen) atoms. The molecule has 2 aromatic rings. The molecular weight excluding hydrogens is 331 g/mol. The number of amides is 1. The van der Waals surface area contributed by atoms with Crippen LogP contribution in [0.1, 0.15) is 16.1 Å². The molecule has 4 nitrogen and oxygen atoms in total. The monoisotopic (exact) mass is 340 g/mol. The molecule has 7 heteroatoms. The van der Waals surface area contributed by atoms with Crippen LogP contribution >= 0.6 is 34.5 Å². The Balaban J connectivity index is 1.64. The minimum absolute atomic E-state index is 0.0815. The third-order valence-electron chi connectivity index (χ3n) is 3.02. The van der Waals surface area contributed by atoms with Gasteiger partial charge >= 0.3 is 6.09 Å². The zero-order chi connectivity index (χ0) is 14.8. The quantitative estimate of drug-likeness (QED) is 0.803. The molecule has 0 fully saturated rings. The molecular formula is C14H10Cl2N2O2S. The Hall–Kier alpha value is -1.56. The van der Waals surface area contributed by atoms with Gasteiger partial charge in [-0.15, -0.1) is 11.3 Å². The van der Waals surface area contributed by atoms with Gasteiger partial charge in [0.15, 0.2) is 0 Å². The van der Waals surface area contributed by atoms with Gasteiger partial charge in [0.1, 0.15) is 6.61 Å². The lowest BCUT2D eigenvalue weighted by Gasteiger charge is -2.20. The lowest BCUT2D eigenvalue weighted by atomic mass is 10.2. The second-order valence-corrected chi connectivity index (χ2v) is 6.10. The van der Waals surface area contributed by atoms with Crippen LogP contribution < -0.4 is 0 Å². The Morgan fingerprint density at radius 2 is 2.29 bits per heavy atom. The van der Waals surface area contributed by atoms with Crippen LogP contribution in [0.2, 0.25) is 10.0 Å². The Bertz CT molecular complexity index is 715. The van der Waals surface area contributed by atoms with Crippen LogP contribution in [0.5, 0.6) is 0 Å². The fourth-order valence-corrected chi connectivity index (χ4v) is 3.03. The van der Waals surface area contributed by atoms with Crippen molar-refractivity contribution in [2.24, 2.45) is 0 Å². The molecule has 1 aliphatic rings. The van der Waals surface area contributed by atoms with Crippen molar-refractivity contribution in [2.75, 3.05) is 0 Å². The standard InChI is InChI=1S/C14H10Cl2N2O2S/c15-10-3-1-2-9(13(10)16)7-20-14(19)18-5-4-11-12(6-18)21-8-17-11/h1-5,8H,6-7H2. The highest BCUT2D eigenvalue weighted by molar-refractivity contribution is 7.09. The van der Waals surface area contributed by atoms with Gasteiger partial charge in [-0.05, 0) is 12.1 Å². The molecule has 1 aliphatic heterocycles. The molecule has 1 aromatic carbocycles. The van der Waals surface area contributed by atoms with E-state index in [-0.39, 0.29) is 6.61 Å². The summed E-state index contributed by atoms with van der Waals surface area (Å²) in [7, 11) is 0. The molecule has 0 spiro atoms. The SMILES string of the molecule is O=C(OCc1cccc(Cl)c1Cl)N1C=Cc2ncsc2C1. The number of rotatable bonds is 2. The number of aromatic nitrogens is 1. The maximum Gasteiger partial charge on any atom is 0.414 e. The van der Waals surface area contributed by atoms with E-state index in [2.05, 4.69) is 4.98 Å². The predicted molar refractivity (Wildman–Crippen MR) is 83.3 cm³/mol. The Morgan fingerprint density at radius 3 is 3.14 bits per heavy atom. The first-order valence-electron chi connectivity index (χ1n) is 6.12. The summed E-state index contributed by atoms with van der Waals surface area (Å²) in [5.41, 5.74) is 3.34. The van der Waals surface area contributed by atoms with Crippen molar-refractivity contribution in [3.8, 4) is 0 Å². The molecule has 0 aliphatic carbocycles. The first-order valence-corrected chi connectivity index (χ1v) is 7.75. The lowest BCUT2D eigenvalue weighted by molar-refractivity contribution is 0.109. The van der Waals surface area contributed by atoms with Crippen LogP contribution in [0, 0.1) is 0 Å². The molecule has 0 saturated carbocycles. The van der Waals surface area contributed by atoms with E-state index in [9.17, 15) is 4.79 Å². The summed E-state index contributed by atoms with van der Waals surface area (Å²) in [6.45, 7) is 0.552. The van der Waals surface area contributed by atoms with Crippen molar-refractivity contribution < 1.29 is 9.53 Å². The van der Waals surface area contributed by atoms with Gasteiger partial charge in [-0.2, -0.15) is 0 Å². The number of benzene rings is 1. The van der Waals surface area contributed by atoms with E-state index in [1.165, 1.54) is 16.2 Å². The van der Waals surface area contributed by atoms with Gasteiger partial charge in [-0.25, -0.2) is 9.78 Å². The van der Waals surface area contributed by atoms with Crippen LogP contribution in [-0.4, -0.2) is 16.0 Å². The van der Waals surface area contributed by atoms with Gasteiger partial charge in [-0.3, -0.25) is 4.90 Å². The van der Waals surface area contributed by atoms with Crippen LogP contribution in [-0.2, 0) is 17.9 Å². The van der Waals surface area contributed by atoms with Crippen LogP contribution in [0.4, 0.5) is 4.79 Å². The topological polar surface area (TPSA) is 42.4 Å². The molecule has 0 radical (unpaired) electrons. The zero-order valence-electron chi connectivity index (χ0n) is 10.8. The minimum Gasteiger partial charge on any atom is -0.444 e. The molecule has 0 N–H and O–H groups in total. The Kier molecular flexibility index (Phi) is 4.14. The van der Waals surface area contributed by atoms with Crippen LogP contribution in [0.15, 0.2) is 29.9 Å². The fraction of sp³-hybridized carbons (Fsp3) is 0.143. The number of hydrogen-bond donors (Lipinski definition) is 0. The van der Waals surface area contributed by atoms with Crippen LogP contribution in [0.25, 0.3) is 6.08 Å². The third-order valence-corrected chi connectivity index (χ3v) is 4.71. The van der Waals surface area contributed by atoms with Gasteiger partial charge in [-0.1, -0.05) is 35.3 Å². The highest BCUT2D eigenvalue weighted by atomic mass is 35.5. The summed E-state index contributed by atoms with van der Waals surface area (Å²) in [5, 5.41) is 0.850. The smallest absolute Gasteiger partial charge is 0.414 e. The highest BCUT2D eigenvalue weighted by Gasteiger charge is 2.20. The predicted octanol–water partition coefficient (Wildman–Crippen LogP) is 4.57. The van der Waals surface area contributed by atoms with E-state index in [0.717, 1.165) is 10.6 Å². The first-order chi connectivity index (χ1) is 10.1. The normalized spacial score (nSPS) is 13.1. The van der Waals surface area contributed by atoms with E-state index < -0.39 is 6.09 Å². The van der Waals surface area contributed by atoms with Gasteiger partial charge in [0.2, 0.25) is 0 Å². The average Bonchev–Trinajstić information content (AvgIpc) is 2.96. The van der Waals surface area contributed by atoms with Gasteiger partial charge in [0.05, 0.1) is 32.7 Å². The van der Waals surface area contributed by atoms with Crippen molar-refractivity contribution in [3.63, 3.8) is 0 Å². The highest BCUT2D eigenvalue weighted by Crippen LogP contribution is 2.27. The number of hydrogen-bond acceptors (Lipinski definition) is 4. The summed E-state index contributed by atoms with van der Waals surface area (Å²) in [6, 6.07) is 5.23. The number of halogens is 2. The Labute approximate surface area is 135 Å². The van der Waals surface area contributed by atoms with E-state index in [4.69, 9.17) is 27.9 Å². The first kappa shape index (κ1) is 14.4. The molecule has 1 aromatic heterocycles. The summed E-state index contributed by atoms with van der Waals surface area (Å²) in [6.07, 6.45) is 3.04. The molecule has 2 heterocycles. The van der Waals surface area contributed by atoms with Crippen molar-refractivity contribution in [1.82, 2.24) is 9.88 Å². The van der Waals surface area contributed by atoms with Gasteiger partial charge in [0, 0.05) is 11.8 Å². The fourth-order valence-electron chi connectivity index (χ4n) is 1.91.